The highest BCUT2D eigenvalue weighted by Crippen LogP contribution is 2.29. The predicted octanol–water partition coefficient (Wildman–Crippen LogP) is 2.25. The Bertz CT molecular complexity index is 870. The van der Waals surface area contributed by atoms with E-state index >= 15 is 0 Å². The van der Waals surface area contributed by atoms with Crippen molar-refractivity contribution in [2.45, 2.75) is 6.92 Å². The van der Waals surface area contributed by atoms with Gasteiger partial charge in [-0.1, -0.05) is 42.5 Å². The van der Waals surface area contributed by atoms with Crippen LogP contribution in [-0.4, -0.2) is 17.0 Å². The van der Waals surface area contributed by atoms with E-state index in [4.69, 9.17) is 0 Å². The second-order valence-electron chi connectivity index (χ2n) is 5.18. The molecule has 1 amide bonds. The highest BCUT2D eigenvalue weighted by atomic mass is 32.2. The molecule has 1 saturated heterocycles. The third-order valence-electron chi connectivity index (χ3n) is 3.43. The monoisotopic (exact) mass is 337 g/mol. The fraction of sp³-hybridized carbons (Fsp3) is 0.0556. The van der Waals surface area contributed by atoms with Gasteiger partial charge in [0.05, 0.1) is 16.6 Å². The average molecular weight is 337 g/mol. The van der Waals surface area contributed by atoms with Crippen molar-refractivity contribution in [3.8, 4) is 0 Å². The van der Waals surface area contributed by atoms with E-state index in [1.165, 1.54) is 23.9 Å². The molecule has 1 heterocycles. The van der Waals surface area contributed by atoms with E-state index in [1.54, 1.807) is 18.2 Å². The molecule has 0 aliphatic carbocycles. The first-order valence-corrected chi connectivity index (χ1v) is 8.01. The maximum absolute atomic E-state index is 12.1. The molecule has 5 nitrogen and oxygen atoms in total. The Labute approximate surface area is 143 Å². The van der Waals surface area contributed by atoms with Gasteiger partial charge in [-0.25, -0.2) is 4.99 Å². The van der Waals surface area contributed by atoms with Crippen LogP contribution in [0.15, 0.2) is 58.4 Å². The molecule has 1 N–H and O–H groups in total. The van der Waals surface area contributed by atoms with E-state index in [0.717, 1.165) is 16.8 Å². The Hall–Kier alpha value is -2.86. The predicted molar refractivity (Wildman–Crippen MR) is 92.8 cm³/mol. The van der Waals surface area contributed by atoms with Gasteiger partial charge in [-0.2, -0.15) is 0 Å². The fourth-order valence-corrected chi connectivity index (χ4v) is 2.98. The number of thioether (sulfide) groups is 1. The number of amidine groups is 1. The van der Waals surface area contributed by atoms with Crippen LogP contribution in [0.1, 0.15) is 21.5 Å². The first-order valence-electron chi connectivity index (χ1n) is 7.19. The Morgan fingerprint density at radius 1 is 1.17 bits per heavy atom. The number of nitrogens with zero attached hydrogens (tertiary/aromatic N) is 1. The zero-order chi connectivity index (χ0) is 17.1. The number of rotatable bonds is 3. The van der Waals surface area contributed by atoms with Crippen LogP contribution in [0.5, 0.6) is 0 Å². The number of aliphatic imine (C=N–C) groups is 1. The van der Waals surface area contributed by atoms with E-state index < -0.39 is 5.97 Å². The molecule has 120 valence electrons. The van der Waals surface area contributed by atoms with E-state index in [1.807, 2.05) is 31.2 Å². The molecule has 3 rings (SSSR count). The van der Waals surface area contributed by atoms with Crippen molar-refractivity contribution in [3.05, 3.63) is 70.1 Å². The van der Waals surface area contributed by atoms with Crippen LogP contribution in [0.4, 0.5) is 5.69 Å². The Morgan fingerprint density at radius 2 is 1.88 bits per heavy atom. The SMILES string of the molecule is Cc1ccccc1N=C1NC(=O)/C(=C/c2ccc(C(=O)[O-])cc2)S1. The van der Waals surface area contributed by atoms with Crippen molar-refractivity contribution in [2.24, 2.45) is 4.99 Å². The lowest BCUT2D eigenvalue weighted by molar-refractivity contribution is -0.255. The van der Waals surface area contributed by atoms with Gasteiger partial charge < -0.3 is 15.2 Å². The third kappa shape index (κ3) is 3.55. The summed E-state index contributed by atoms with van der Waals surface area (Å²) in [5.74, 6) is -1.45. The van der Waals surface area contributed by atoms with E-state index in [2.05, 4.69) is 10.3 Å². The Balaban J connectivity index is 1.82. The number of aryl methyl sites for hydroxylation is 1. The Kier molecular flexibility index (Phi) is 4.48. The molecule has 0 aromatic heterocycles. The van der Waals surface area contributed by atoms with Crippen LogP contribution < -0.4 is 10.4 Å². The molecule has 6 heteroatoms. The van der Waals surface area contributed by atoms with Gasteiger partial charge in [-0.15, -0.1) is 0 Å². The van der Waals surface area contributed by atoms with Gasteiger partial charge in [0, 0.05) is 0 Å². The standard InChI is InChI=1S/C18H14N2O3S/c1-11-4-2-3-5-14(11)19-18-20-16(21)15(24-18)10-12-6-8-13(9-7-12)17(22)23/h2-10H,1H3,(H,22,23)(H,19,20,21)/p-1/b15-10-. The number of carboxylic acid groups (broad SMARTS) is 1. The summed E-state index contributed by atoms with van der Waals surface area (Å²) in [4.78, 5) is 27.8. The number of hydrogen-bond acceptors (Lipinski definition) is 5. The third-order valence-corrected chi connectivity index (χ3v) is 4.34. The summed E-state index contributed by atoms with van der Waals surface area (Å²) in [6, 6.07) is 13.8. The molecule has 1 fully saturated rings. The van der Waals surface area contributed by atoms with Crippen molar-refractivity contribution >= 4 is 40.6 Å². The highest BCUT2D eigenvalue weighted by molar-refractivity contribution is 8.18. The number of hydrogen-bond donors (Lipinski definition) is 1. The van der Waals surface area contributed by atoms with Crippen molar-refractivity contribution < 1.29 is 14.7 Å². The maximum Gasteiger partial charge on any atom is 0.264 e. The normalized spacial score (nSPS) is 17.3. The molecule has 2 aromatic rings. The van der Waals surface area contributed by atoms with Gasteiger partial charge in [-0.05, 0) is 47.5 Å². The summed E-state index contributed by atoms with van der Waals surface area (Å²) in [5.41, 5.74) is 2.66. The van der Waals surface area contributed by atoms with Crippen LogP contribution in [0.3, 0.4) is 0 Å². The molecule has 2 aromatic carbocycles. The molecule has 1 aliphatic heterocycles. The fourth-order valence-electron chi connectivity index (χ4n) is 2.15. The van der Waals surface area contributed by atoms with Gasteiger partial charge >= 0.3 is 0 Å². The first kappa shape index (κ1) is 16.0. The second-order valence-corrected chi connectivity index (χ2v) is 6.21. The van der Waals surface area contributed by atoms with Gasteiger partial charge in [0.1, 0.15) is 0 Å². The lowest BCUT2D eigenvalue weighted by Crippen LogP contribution is -2.21. The van der Waals surface area contributed by atoms with E-state index in [-0.39, 0.29) is 11.5 Å². The zero-order valence-electron chi connectivity index (χ0n) is 12.8. The first-order chi connectivity index (χ1) is 11.5. The molecule has 0 atom stereocenters. The van der Waals surface area contributed by atoms with E-state index in [0.29, 0.717) is 10.1 Å². The number of amides is 1. The summed E-state index contributed by atoms with van der Waals surface area (Å²) in [5, 5.41) is 14.0. The summed E-state index contributed by atoms with van der Waals surface area (Å²) in [6.45, 7) is 1.95. The van der Waals surface area contributed by atoms with Crippen LogP contribution >= 0.6 is 11.8 Å². The Morgan fingerprint density at radius 3 is 2.54 bits per heavy atom. The highest BCUT2D eigenvalue weighted by Gasteiger charge is 2.23. The quantitative estimate of drug-likeness (QED) is 0.871. The molecule has 0 unspecified atom stereocenters. The van der Waals surface area contributed by atoms with Gasteiger partial charge in [-0.3, -0.25) is 4.79 Å². The molecule has 0 saturated carbocycles. The minimum atomic E-state index is -1.23. The van der Waals surface area contributed by atoms with Crippen LogP contribution in [0.2, 0.25) is 0 Å². The topological polar surface area (TPSA) is 81.6 Å². The minimum absolute atomic E-state index is 0.0995. The van der Waals surface area contributed by atoms with Gasteiger partial charge in [0.15, 0.2) is 5.17 Å². The number of para-hydroxylation sites is 1. The maximum atomic E-state index is 12.1. The van der Waals surface area contributed by atoms with E-state index in [9.17, 15) is 14.7 Å². The zero-order valence-corrected chi connectivity index (χ0v) is 13.6. The summed E-state index contributed by atoms with van der Waals surface area (Å²) < 4.78 is 0. The largest absolute Gasteiger partial charge is 0.545 e. The second kappa shape index (κ2) is 6.72. The number of aromatic carboxylic acids is 1. The molecule has 1 aliphatic rings. The van der Waals surface area contributed by atoms with Crippen LogP contribution in [0.25, 0.3) is 6.08 Å². The van der Waals surface area contributed by atoms with Crippen molar-refractivity contribution in [1.29, 1.82) is 0 Å². The molecule has 0 radical (unpaired) electrons. The van der Waals surface area contributed by atoms with Crippen LogP contribution in [-0.2, 0) is 4.79 Å². The van der Waals surface area contributed by atoms with Crippen molar-refractivity contribution in [3.63, 3.8) is 0 Å². The molecule has 24 heavy (non-hydrogen) atoms. The summed E-state index contributed by atoms with van der Waals surface area (Å²) in [7, 11) is 0. The number of benzene rings is 2. The van der Waals surface area contributed by atoms with Gasteiger partial charge in [0.2, 0.25) is 0 Å². The molecular weight excluding hydrogens is 324 g/mol. The average Bonchev–Trinajstić information content (AvgIpc) is 2.90. The number of nitrogens with one attached hydrogen (secondary N) is 1. The molecule has 0 spiro atoms. The lowest BCUT2D eigenvalue weighted by atomic mass is 10.1. The molecular formula is C18H13N2O3S-. The number of carbonyl (C=O) groups excluding carboxylic acids is 2. The van der Waals surface area contributed by atoms with Crippen molar-refractivity contribution in [1.82, 2.24) is 5.32 Å². The molecule has 0 bridgehead atoms. The minimum Gasteiger partial charge on any atom is -0.545 e. The number of carboxylic acids is 1. The lowest BCUT2D eigenvalue weighted by Gasteiger charge is -2.02. The number of carbonyl (C=O) groups is 2. The summed E-state index contributed by atoms with van der Waals surface area (Å²) in [6.07, 6.45) is 1.69. The smallest absolute Gasteiger partial charge is 0.264 e. The van der Waals surface area contributed by atoms with Gasteiger partial charge in [0.25, 0.3) is 5.91 Å². The van der Waals surface area contributed by atoms with Crippen LogP contribution in [0, 0.1) is 6.92 Å². The van der Waals surface area contributed by atoms with Crippen molar-refractivity contribution in [2.75, 3.05) is 0 Å². The summed E-state index contributed by atoms with van der Waals surface area (Å²) >= 11 is 1.25.